The van der Waals surface area contributed by atoms with Crippen molar-refractivity contribution < 1.29 is 0 Å². The number of nitrogens with zero attached hydrogens (tertiary/aromatic N) is 4. The Morgan fingerprint density at radius 2 is 2.11 bits per heavy atom. The number of aryl methyl sites for hydroxylation is 2. The van der Waals surface area contributed by atoms with Gasteiger partial charge in [0.15, 0.2) is 0 Å². The van der Waals surface area contributed by atoms with E-state index in [1.54, 1.807) is 6.20 Å². The van der Waals surface area contributed by atoms with E-state index in [9.17, 15) is 0 Å². The van der Waals surface area contributed by atoms with Crippen LogP contribution in [0.5, 0.6) is 0 Å². The highest BCUT2D eigenvalue weighted by molar-refractivity contribution is 5.81. The maximum absolute atomic E-state index is 8.86. The molecule has 0 bridgehead atoms. The van der Waals surface area contributed by atoms with Crippen molar-refractivity contribution in [3.63, 3.8) is 0 Å². The van der Waals surface area contributed by atoms with Gasteiger partial charge in [-0.1, -0.05) is 0 Å². The highest BCUT2D eigenvalue weighted by atomic mass is 15.3. The Bertz CT molecular complexity index is 701. The average Bonchev–Trinajstić information content (AvgIpc) is 3.05. The second-order valence-electron chi connectivity index (χ2n) is 4.16. The third-order valence-electron chi connectivity index (χ3n) is 3.03. The van der Waals surface area contributed by atoms with Crippen LogP contribution in [0.1, 0.15) is 5.56 Å². The largest absolute Gasteiger partial charge is 0.346 e. The van der Waals surface area contributed by atoms with Gasteiger partial charge >= 0.3 is 0 Å². The van der Waals surface area contributed by atoms with Crippen molar-refractivity contribution in [3.8, 4) is 6.07 Å². The van der Waals surface area contributed by atoms with Crippen molar-refractivity contribution in [2.24, 2.45) is 0 Å². The molecule has 0 aliphatic heterocycles. The minimum absolute atomic E-state index is 0.701. The van der Waals surface area contributed by atoms with Gasteiger partial charge in [0.05, 0.1) is 18.2 Å². The molecule has 1 aromatic carbocycles. The molecule has 0 aliphatic rings. The van der Waals surface area contributed by atoms with Crippen molar-refractivity contribution in [3.05, 3.63) is 54.5 Å². The second kappa shape index (κ2) is 4.38. The summed E-state index contributed by atoms with van der Waals surface area (Å²) in [5.41, 5.74) is 1.86. The van der Waals surface area contributed by atoms with Gasteiger partial charge in [-0.3, -0.25) is 4.68 Å². The third-order valence-corrected chi connectivity index (χ3v) is 3.03. The van der Waals surface area contributed by atoms with Gasteiger partial charge in [0.25, 0.3) is 0 Å². The summed E-state index contributed by atoms with van der Waals surface area (Å²) in [4.78, 5) is 0. The topological polar surface area (TPSA) is 46.5 Å². The summed E-state index contributed by atoms with van der Waals surface area (Å²) in [7, 11) is 0. The molecule has 0 spiro atoms. The fourth-order valence-electron chi connectivity index (χ4n) is 2.11. The third kappa shape index (κ3) is 1.87. The van der Waals surface area contributed by atoms with E-state index in [0.29, 0.717) is 5.56 Å². The summed E-state index contributed by atoms with van der Waals surface area (Å²) >= 11 is 0. The van der Waals surface area contributed by atoms with Gasteiger partial charge in [-0.25, -0.2) is 0 Å². The van der Waals surface area contributed by atoms with Crippen molar-refractivity contribution >= 4 is 10.9 Å². The predicted octanol–water partition coefficient (Wildman–Crippen LogP) is 2.41. The van der Waals surface area contributed by atoms with Crippen molar-refractivity contribution in [2.75, 3.05) is 0 Å². The molecule has 18 heavy (non-hydrogen) atoms. The Hall–Kier alpha value is -2.54. The molecule has 4 nitrogen and oxygen atoms in total. The van der Waals surface area contributed by atoms with E-state index in [4.69, 9.17) is 5.26 Å². The molecule has 0 fully saturated rings. The second-order valence-corrected chi connectivity index (χ2v) is 4.16. The first-order valence-corrected chi connectivity index (χ1v) is 5.83. The number of benzene rings is 1. The molecule has 0 radical (unpaired) electrons. The van der Waals surface area contributed by atoms with Crippen LogP contribution in [0.3, 0.4) is 0 Å². The zero-order valence-corrected chi connectivity index (χ0v) is 9.82. The highest BCUT2D eigenvalue weighted by Gasteiger charge is 2.02. The smallest absolute Gasteiger partial charge is 0.0991 e. The Morgan fingerprint density at radius 1 is 1.17 bits per heavy atom. The molecular formula is C14H12N4. The van der Waals surface area contributed by atoms with Gasteiger partial charge < -0.3 is 4.57 Å². The van der Waals surface area contributed by atoms with Crippen LogP contribution in [-0.2, 0) is 13.1 Å². The van der Waals surface area contributed by atoms with Crippen molar-refractivity contribution in [2.45, 2.75) is 13.1 Å². The normalized spacial score (nSPS) is 10.6. The zero-order chi connectivity index (χ0) is 12.4. The molecule has 0 aliphatic carbocycles. The molecule has 0 saturated heterocycles. The van der Waals surface area contributed by atoms with Gasteiger partial charge in [-0.2, -0.15) is 10.4 Å². The number of fused-ring (bicyclic) bond motifs is 1. The van der Waals surface area contributed by atoms with Crippen LogP contribution in [0.4, 0.5) is 0 Å². The summed E-state index contributed by atoms with van der Waals surface area (Å²) in [6, 6.07) is 11.9. The van der Waals surface area contributed by atoms with Crippen LogP contribution < -0.4 is 0 Å². The van der Waals surface area contributed by atoms with Gasteiger partial charge in [0.1, 0.15) is 0 Å². The number of aromatic nitrogens is 3. The lowest BCUT2D eigenvalue weighted by Gasteiger charge is -2.05. The van der Waals surface area contributed by atoms with E-state index in [2.05, 4.69) is 21.9 Å². The fraction of sp³-hybridized carbons (Fsp3) is 0.143. The first-order chi connectivity index (χ1) is 8.86. The molecule has 0 unspecified atom stereocenters. The standard InChI is InChI=1S/C14H12N4/c15-11-12-2-3-14-13(10-12)4-7-17(14)8-9-18-6-1-5-16-18/h1-7,10H,8-9H2. The summed E-state index contributed by atoms with van der Waals surface area (Å²) in [5, 5.41) is 14.2. The number of hydrogen-bond donors (Lipinski definition) is 0. The number of hydrogen-bond acceptors (Lipinski definition) is 2. The SMILES string of the molecule is N#Cc1ccc2c(ccn2CCn2cccn2)c1. The van der Waals surface area contributed by atoms with Crippen LogP contribution in [0.2, 0.25) is 0 Å². The van der Waals surface area contributed by atoms with E-state index in [1.807, 2.05) is 41.2 Å². The number of rotatable bonds is 3. The maximum atomic E-state index is 8.86. The van der Waals surface area contributed by atoms with E-state index in [1.165, 1.54) is 0 Å². The Kier molecular flexibility index (Phi) is 2.58. The lowest BCUT2D eigenvalue weighted by atomic mass is 10.2. The minimum atomic E-state index is 0.701. The fourth-order valence-corrected chi connectivity index (χ4v) is 2.11. The Labute approximate surface area is 105 Å². The van der Waals surface area contributed by atoms with E-state index in [0.717, 1.165) is 24.0 Å². The molecule has 0 saturated carbocycles. The molecule has 0 atom stereocenters. The molecule has 0 amide bonds. The monoisotopic (exact) mass is 236 g/mol. The molecule has 4 heteroatoms. The van der Waals surface area contributed by atoms with Crippen molar-refractivity contribution in [1.82, 2.24) is 14.3 Å². The minimum Gasteiger partial charge on any atom is -0.346 e. The first-order valence-electron chi connectivity index (χ1n) is 5.83. The maximum Gasteiger partial charge on any atom is 0.0991 e. The Balaban J connectivity index is 1.87. The quantitative estimate of drug-likeness (QED) is 0.701. The van der Waals surface area contributed by atoms with Gasteiger partial charge in [-0.05, 0) is 30.3 Å². The van der Waals surface area contributed by atoms with E-state index < -0.39 is 0 Å². The average molecular weight is 236 g/mol. The molecule has 0 N–H and O–H groups in total. The van der Waals surface area contributed by atoms with Crippen LogP contribution in [-0.4, -0.2) is 14.3 Å². The zero-order valence-electron chi connectivity index (χ0n) is 9.82. The van der Waals surface area contributed by atoms with Gasteiger partial charge in [0.2, 0.25) is 0 Å². The summed E-state index contributed by atoms with van der Waals surface area (Å²) in [5.74, 6) is 0. The van der Waals surface area contributed by atoms with E-state index >= 15 is 0 Å². The van der Waals surface area contributed by atoms with Crippen LogP contribution in [0, 0.1) is 11.3 Å². The lowest BCUT2D eigenvalue weighted by Crippen LogP contribution is -2.06. The number of nitriles is 1. The molecule has 3 aromatic rings. The summed E-state index contributed by atoms with van der Waals surface area (Å²) in [6.45, 7) is 1.72. The van der Waals surface area contributed by atoms with Gasteiger partial charge in [0, 0.05) is 36.0 Å². The van der Waals surface area contributed by atoms with Crippen LogP contribution in [0.15, 0.2) is 48.9 Å². The Morgan fingerprint density at radius 3 is 2.89 bits per heavy atom. The predicted molar refractivity (Wildman–Crippen MR) is 68.9 cm³/mol. The van der Waals surface area contributed by atoms with Crippen molar-refractivity contribution in [1.29, 1.82) is 5.26 Å². The lowest BCUT2D eigenvalue weighted by molar-refractivity contribution is 0.543. The van der Waals surface area contributed by atoms with Gasteiger partial charge in [-0.15, -0.1) is 0 Å². The van der Waals surface area contributed by atoms with Crippen LogP contribution >= 0.6 is 0 Å². The first kappa shape index (κ1) is 10.6. The molecule has 88 valence electrons. The molecule has 3 rings (SSSR count). The highest BCUT2D eigenvalue weighted by Crippen LogP contribution is 2.17. The molecule has 2 heterocycles. The summed E-state index contributed by atoms with van der Waals surface area (Å²) < 4.78 is 4.09. The molecular weight excluding hydrogens is 224 g/mol. The van der Waals surface area contributed by atoms with E-state index in [-0.39, 0.29) is 0 Å². The summed E-state index contributed by atoms with van der Waals surface area (Å²) in [6.07, 6.45) is 5.79. The van der Waals surface area contributed by atoms with Crippen LogP contribution in [0.25, 0.3) is 10.9 Å². The molecule has 2 aromatic heterocycles.